The Kier molecular flexibility index (Phi) is 4.53. The van der Waals surface area contributed by atoms with Crippen molar-refractivity contribution in [2.75, 3.05) is 5.32 Å². The first-order valence-electron chi connectivity index (χ1n) is 9.93. The number of aryl methyl sites for hydroxylation is 2. The van der Waals surface area contributed by atoms with Crippen molar-refractivity contribution in [2.24, 2.45) is 5.41 Å². The molecule has 3 atom stereocenters. The highest BCUT2D eigenvalue weighted by molar-refractivity contribution is 8.00. The van der Waals surface area contributed by atoms with Gasteiger partial charge in [-0.1, -0.05) is 50.2 Å². The lowest BCUT2D eigenvalue weighted by Crippen LogP contribution is -2.32. The lowest BCUT2D eigenvalue weighted by atomic mass is 9.70. The van der Waals surface area contributed by atoms with Crippen LogP contribution in [0.3, 0.4) is 0 Å². The van der Waals surface area contributed by atoms with Crippen LogP contribution in [-0.2, 0) is 10.2 Å². The summed E-state index contributed by atoms with van der Waals surface area (Å²) in [6.07, 6.45) is 2.30. The zero-order valence-electron chi connectivity index (χ0n) is 17.5. The molecule has 0 unspecified atom stereocenters. The van der Waals surface area contributed by atoms with Gasteiger partial charge in [0.1, 0.15) is 0 Å². The summed E-state index contributed by atoms with van der Waals surface area (Å²) in [5, 5.41) is 12.2. The summed E-state index contributed by atoms with van der Waals surface area (Å²) in [6.45, 7) is 12.9. The van der Waals surface area contributed by atoms with Crippen LogP contribution in [-0.4, -0.2) is 26.3 Å². The van der Waals surface area contributed by atoms with Gasteiger partial charge in [0.15, 0.2) is 0 Å². The molecular formula is C22H28N4OS. The lowest BCUT2D eigenvalue weighted by molar-refractivity contribution is -0.115. The summed E-state index contributed by atoms with van der Waals surface area (Å²) in [7, 11) is 0. The molecular weight excluding hydrogens is 368 g/mol. The van der Waals surface area contributed by atoms with E-state index >= 15 is 0 Å². The number of nitrogens with zero attached hydrogens (tertiary/aromatic N) is 3. The molecule has 1 N–H and O–H groups in total. The van der Waals surface area contributed by atoms with Crippen molar-refractivity contribution < 1.29 is 4.79 Å². The molecule has 0 spiro atoms. The summed E-state index contributed by atoms with van der Waals surface area (Å²) < 4.78 is 0. The van der Waals surface area contributed by atoms with Crippen LogP contribution < -0.4 is 5.32 Å². The molecule has 2 bridgehead atoms. The Labute approximate surface area is 171 Å². The number of thioether (sulfide) groups is 1. The summed E-state index contributed by atoms with van der Waals surface area (Å²) in [6, 6.07) is 6.02. The molecule has 2 aliphatic rings. The molecule has 1 heterocycles. The first kappa shape index (κ1) is 19.4. The predicted octanol–water partition coefficient (Wildman–Crippen LogP) is 4.78. The molecule has 5 nitrogen and oxygen atoms in total. The molecule has 1 fully saturated rings. The molecule has 6 heteroatoms. The number of anilines is 1. The number of nitrogens with one attached hydrogen (secondary N) is 1. The van der Waals surface area contributed by atoms with Gasteiger partial charge in [0.25, 0.3) is 0 Å². The lowest BCUT2D eigenvalue weighted by Gasteiger charge is -2.34. The van der Waals surface area contributed by atoms with Crippen molar-refractivity contribution in [3.8, 4) is 0 Å². The normalized spacial score (nSPS) is 25.4. The van der Waals surface area contributed by atoms with Gasteiger partial charge >= 0.3 is 0 Å². The molecule has 1 aromatic carbocycles. The number of aromatic nitrogens is 3. The second-order valence-corrected chi connectivity index (χ2v) is 10.3. The predicted molar refractivity (Wildman–Crippen MR) is 113 cm³/mol. The molecule has 2 aromatic rings. The van der Waals surface area contributed by atoms with Gasteiger partial charge in [0, 0.05) is 17.0 Å². The molecule has 0 aliphatic heterocycles. The maximum absolute atomic E-state index is 12.7. The maximum atomic E-state index is 12.7. The molecule has 1 aromatic heterocycles. The van der Waals surface area contributed by atoms with E-state index in [2.05, 4.69) is 42.4 Å². The molecule has 1 amide bonds. The Morgan fingerprint density at radius 3 is 2.71 bits per heavy atom. The van der Waals surface area contributed by atoms with Crippen LogP contribution in [0.5, 0.6) is 0 Å². The van der Waals surface area contributed by atoms with Gasteiger partial charge in [0.05, 0.1) is 16.6 Å². The minimum Gasteiger partial charge on any atom is -0.325 e. The smallest absolute Gasteiger partial charge is 0.237 e. The Hall–Kier alpha value is -1.95. The van der Waals surface area contributed by atoms with Gasteiger partial charge in [-0.25, -0.2) is 4.98 Å². The molecule has 4 rings (SSSR count). The van der Waals surface area contributed by atoms with Crippen molar-refractivity contribution >= 4 is 23.4 Å². The molecule has 28 heavy (non-hydrogen) atoms. The third-order valence-corrected chi connectivity index (χ3v) is 8.01. The van der Waals surface area contributed by atoms with E-state index in [-0.39, 0.29) is 22.0 Å². The van der Waals surface area contributed by atoms with E-state index in [1.165, 1.54) is 17.3 Å². The molecule has 1 saturated carbocycles. The van der Waals surface area contributed by atoms with Crippen molar-refractivity contribution in [2.45, 2.75) is 76.1 Å². The van der Waals surface area contributed by atoms with E-state index in [9.17, 15) is 4.79 Å². The number of benzene rings is 1. The second kappa shape index (κ2) is 6.55. The van der Waals surface area contributed by atoms with Crippen LogP contribution in [0.25, 0.3) is 0 Å². The zero-order valence-corrected chi connectivity index (χ0v) is 18.3. The van der Waals surface area contributed by atoms with Crippen molar-refractivity contribution in [3.05, 3.63) is 40.7 Å². The van der Waals surface area contributed by atoms with Crippen molar-refractivity contribution in [1.29, 1.82) is 0 Å². The Balaban J connectivity index is 1.51. The third kappa shape index (κ3) is 2.84. The van der Waals surface area contributed by atoms with Crippen LogP contribution in [0.15, 0.2) is 23.4 Å². The van der Waals surface area contributed by atoms with E-state index in [4.69, 9.17) is 4.98 Å². The number of hydrogen-bond acceptors (Lipinski definition) is 5. The fraction of sp³-hybridized carbons (Fsp3) is 0.545. The highest BCUT2D eigenvalue weighted by Crippen LogP contribution is 2.66. The number of hydrogen-bond donors (Lipinski definition) is 1. The number of amides is 1. The Morgan fingerprint density at radius 1 is 1.25 bits per heavy atom. The van der Waals surface area contributed by atoms with Gasteiger partial charge in [-0.05, 0) is 50.7 Å². The average molecular weight is 397 g/mol. The first-order chi connectivity index (χ1) is 13.1. The number of carbonyl (C=O) groups is 1. The largest absolute Gasteiger partial charge is 0.325 e. The topological polar surface area (TPSA) is 67.8 Å². The van der Waals surface area contributed by atoms with Gasteiger partial charge in [-0.15, -0.1) is 5.10 Å². The minimum atomic E-state index is -0.306. The fourth-order valence-electron chi connectivity index (χ4n) is 4.81. The van der Waals surface area contributed by atoms with Crippen LogP contribution in [0.4, 0.5) is 5.69 Å². The standard InChI is InChI=1S/C22H28N4OS/c1-12-7-8-16(13(2)11-12)23-19(27)14(3)28-20-24-18-17(25-26-20)15-9-10-22(18,6)21(15,4)5/h7-8,11,14-15H,9-10H2,1-6H3,(H,23,27)/t14-,15+,22+/m1/s1. The first-order valence-corrected chi connectivity index (χ1v) is 10.8. The summed E-state index contributed by atoms with van der Waals surface area (Å²) in [5.41, 5.74) is 5.45. The molecule has 0 radical (unpaired) electrons. The van der Waals surface area contributed by atoms with Crippen LogP contribution in [0, 0.1) is 19.3 Å². The van der Waals surface area contributed by atoms with Crippen LogP contribution >= 0.6 is 11.8 Å². The fourth-order valence-corrected chi connectivity index (χ4v) is 5.53. The van der Waals surface area contributed by atoms with Crippen molar-refractivity contribution in [3.63, 3.8) is 0 Å². The Bertz CT molecular complexity index is 958. The quantitative estimate of drug-likeness (QED) is 0.753. The van der Waals surface area contributed by atoms with E-state index in [0.29, 0.717) is 11.1 Å². The highest BCUT2D eigenvalue weighted by Gasteiger charge is 2.61. The van der Waals surface area contributed by atoms with Gasteiger partial charge < -0.3 is 5.32 Å². The van der Waals surface area contributed by atoms with E-state index in [1.807, 2.05) is 32.9 Å². The van der Waals surface area contributed by atoms with Gasteiger partial charge in [0.2, 0.25) is 11.1 Å². The third-order valence-electron chi connectivity index (χ3n) is 7.06. The maximum Gasteiger partial charge on any atom is 0.237 e. The zero-order chi connectivity index (χ0) is 20.3. The summed E-state index contributed by atoms with van der Waals surface area (Å²) >= 11 is 1.38. The van der Waals surface area contributed by atoms with E-state index < -0.39 is 0 Å². The molecule has 148 valence electrons. The van der Waals surface area contributed by atoms with Crippen molar-refractivity contribution in [1.82, 2.24) is 15.2 Å². The Morgan fingerprint density at radius 2 is 2.00 bits per heavy atom. The molecule has 2 aliphatic carbocycles. The summed E-state index contributed by atoms with van der Waals surface area (Å²) in [5.74, 6) is 0.394. The second-order valence-electron chi connectivity index (χ2n) is 9.04. The van der Waals surface area contributed by atoms with Crippen LogP contribution in [0.2, 0.25) is 0 Å². The number of carbonyl (C=O) groups excluding carboxylic acids is 1. The highest BCUT2D eigenvalue weighted by atomic mass is 32.2. The van der Waals surface area contributed by atoms with Gasteiger partial charge in [-0.3, -0.25) is 4.79 Å². The van der Waals surface area contributed by atoms with Gasteiger partial charge in [-0.2, -0.15) is 5.10 Å². The average Bonchev–Trinajstić information content (AvgIpc) is 2.96. The van der Waals surface area contributed by atoms with E-state index in [0.717, 1.165) is 35.5 Å². The number of rotatable bonds is 4. The SMILES string of the molecule is Cc1ccc(NC(=O)[C@@H](C)Sc2nnc3c(n2)[C@]2(C)CC[C@@H]3C2(C)C)c(C)c1. The van der Waals surface area contributed by atoms with E-state index in [1.54, 1.807) is 0 Å². The molecule has 0 saturated heterocycles. The van der Waals surface area contributed by atoms with Crippen LogP contribution in [0.1, 0.15) is 69.0 Å². The minimum absolute atomic E-state index is 0.0444. The monoisotopic (exact) mass is 396 g/mol. The summed E-state index contributed by atoms with van der Waals surface area (Å²) in [4.78, 5) is 17.5. The number of fused-ring (bicyclic) bond motifs is 5.